The van der Waals surface area contributed by atoms with Gasteiger partial charge in [0.1, 0.15) is 6.07 Å². The summed E-state index contributed by atoms with van der Waals surface area (Å²) in [4.78, 5) is 4.07. The summed E-state index contributed by atoms with van der Waals surface area (Å²) in [5.41, 5.74) is 3.69. The van der Waals surface area contributed by atoms with Gasteiger partial charge in [-0.05, 0) is 11.5 Å². The zero-order valence-corrected chi connectivity index (χ0v) is 10.3. The molecule has 0 amide bonds. The number of aryl methyl sites for hydroxylation is 1. The minimum atomic E-state index is 0.477. The number of hydrogen-bond donors (Lipinski definition) is 0. The summed E-state index contributed by atoms with van der Waals surface area (Å²) < 4.78 is 1.88. The Morgan fingerprint density at radius 1 is 1.24 bits per heavy atom. The summed E-state index contributed by atoms with van der Waals surface area (Å²) in [6, 6.07) is 10.4. The molecule has 0 radical (unpaired) electrons. The van der Waals surface area contributed by atoms with E-state index < -0.39 is 0 Å². The Morgan fingerprint density at radius 3 is 2.41 bits per heavy atom. The Morgan fingerprint density at radius 2 is 1.88 bits per heavy atom. The number of benzene rings is 1. The molecule has 0 N–H and O–H groups in total. The first-order valence-corrected chi connectivity index (χ1v) is 5.65. The molecular weight excluding hydrogens is 210 g/mol. The van der Waals surface area contributed by atoms with E-state index in [0.717, 1.165) is 11.3 Å². The third-order valence-corrected chi connectivity index (χ3v) is 2.89. The zero-order valence-electron chi connectivity index (χ0n) is 10.3. The Labute approximate surface area is 101 Å². The lowest BCUT2D eigenvalue weighted by Crippen LogP contribution is -1.93. The van der Waals surface area contributed by atoms with Gasteiger partial charge in [0.25, 0.3) is 0 Å². The molecule has 2 rings (SSSR count). The van der Waals surface area contributed by atoms with E-state index in [1.807, 2.05) is 23.7 Å². The van der Waals surface area contributed by atoms with E-state index in [-0.39, 0.29) is 0 Å². The number of imidazole rings is 1. The van der Waals surface area contributed by atoms with E-state index in [4.69, 9.17) is 5.26 Å². The quantitative estimate of drug-likeness (QED) is 0.788. The van der Waals surface area contributed by atoms with Crippen LogP contribution in [0.2, 0.25) is 0 Å². The number of nitriles is 1. The summed E-state index contributed by atoms with van der Waals surface area (Å²) in [7, 11) is 1.90. The molecule has 1 aromatic carbocycles. The molecule has 3 nitrogen and oxygen atoms in total. The van der Waals surface area contributed by atoms with Gasteiger partial charge in [0.15, 0.2) is 5.69 Å². The second kappa shape index (κ2) is 4.42. The Balaban J connectivity index is 2.47. The van der Waals surface area contributed by atoms with E-state index in [0.29, 0.717) is 11.6 Å². The van der Waals surface area contributed by atoms with Crippen LogP contribution in [-0.4, -0.2) is 9.55 Å². The minimum Gasteiger partial charge on any atom is -0.333 e. The average Bonchev–Trinajstić information content (AvgIpc) is 2.70. The van der Waals surface area contributed by atoms with Gasteiger partial charge in [0.05, 0.1) is 12.0 Å². The van der Waals surface area contributed by atoms with Crippen LogP contribution in [0.4, 0.5) is 0 Å². The molecule has 0 aliphatic rings. The normalized spacial score (nSPS) is 10.5. The lowest BCUT2D eigenvalue weighted by atomic mass is 10.0. The van der Waals surface area contributed by atoms with Crippen molar-refractivity contribution in [3.8, 4) is 17.3 Å². The van der Waals surface area contributed by atoms with Crippen molar-refractivity contribution >= 4 is 0 Å². The molecular formula is C14H15N3. The van der Waals surface area contributed by atoms with Gasteiger partial charge in [0, 0.05) is 12.6 Å². The average molecular weight is 225 g/mol. The molecule has 1 aromatic heterocycles. The number of rotatable bonds is 2. The second-order valence-corrected chi connectivity index (χ2v) is 4.44. The smallest absolute Gasteiger partial charge is 0.166 e. The van der Waals surface area contributed by atoms with Crippen LogP contribution in [-0.2, 0) is 7.05 Å². The topological polar surface area (TPSA) is 41.6 Å². The number of hydrogen-bond acceptors (Lipinski definition) is 2. The first-order chi connectivity index (χ1) is 8.13. The highest BCUT2D eigenvalue weighted by molar-refractivity contribution is 5.65. The molecule has 2 aromatic rings. The first-order valence-electron chi connectivity index (χ1n) is 5.65. The monoisotopic (exact) mass is 225 g/mol. The summed E-state index contributed by atoms with van der Waals surface area (Å²) in [6.45, 7) is 4.33. The molecule has 0 aliphatic carbocycles. The van der Waals surface area contributed by atoms with Crippen molar-refractivity contribution in [1.29, 1.82) is 5.26 Å². The molecule has 0 saturated carbocycles. The predicted octanol–water partition coefficient (Wildman–Crippen LogP) is 3.08. The van der Waals surface area contributed by atoms with Crippen molar-refractivity contribution in [1.82, 2.24) is 9.55 Å². The fourth-order valence-corrected chi connectivity index (χ4v) is 1.88. The van der Waals surface area contributed by atoms with Gasteiger partial charge in [-0.1, -0.05) is 38.1 Å². The minimum absolute atomic E-state index is 0.477. The van der Waals surface area contributed by atoms with Gasteiger partial charge >= 0.3 is 0 Å². The molecule has 3 heteroatoms. The van der Waals surface area contributed by atoms with Crippen LogP contribution in [0.1, 0.15) is 31.0 Å². The Bertz CT molecular complexity index is 556. The maximum atomic E-state index is 9.01. The summed E-state index contributed by atoms with van der Waals surface area (Å²) in [5.74, 6) is 0.519. The predicted molar refractivity (Wildman–Crippen MR) is 67.4 cm³/mol. The molecule has 0 spiro atoms. The van der Waals surface area contributed by atoms with Crippen molar-refractivity contribution < 1.29 is 0 Å². The maximum absolute atomic E-state index is 9.01. The van der Waals surface area contributed by atoms with Crippen molar-refractivity contribution in [3.63, 3.8) is 0 Å². The lowest BCUT2D eigenvalue weighted by Gasteiger charge is -2.07. The third kappa shape index (κ3) is 2.07. The fraction of sp³-hybridized carbons (Fsp3) is 0.286. The number of aromatic nitrogens is 2. The SMILES string of the molecule is CC(C)c1ccc(-c2c(C#N)ncn2C)cc1. The van der Waals surface area contributed by atoms with E-state index in [2.05, 4.69) is 37.0 Å². The van der Waals surface area contributed by atoms with Crippen LogP contribution in [0.5, 0.6) is 0 Å². The third-order valence-electron chi connectivity index (χ3n) is 2.89. The largest absolute Gasteiger partial charge is 0.333 e. The van der Waals surface area contributed by atoms with E-state index in [1.54, 1.807) is 6.33 Å². The molecule has 0 aliphatic heterocycles. The van der Waals surface area contributed by atoms with Crippen molar-refractivity contribution in [2.24, 2.45) is 7.05 Å². The van der Waals surface area contributed by atoms with Gasteiger partial charge in [-0.15, -0.1) is 0 Å². The maximum Gasteiger partial charge on any atom is 0.166 e. The van der Waals surface area contributed by atoms with Crippen LogP contribution < -0.4 is 0 Å². The van der Waals surface area contributed by atoms with Gasteiger partial charge in [0.2, 0.25) is 0 Å². The zero-order chi connectivity index (χ0) is 12.4. The fourth-order valence-electron chi connectivity index (χ4n) is 1.88. The highest BCUT2D eigenvalue weighted by atomic mass is 15.0. The summed E-state index contributed by atoms with van der Waals surface area (Å²) >= 11 is 0. The van der Waals surface area contributed by atoms with E-state index >= 15 is 0 Å². The molecule has 1 heterocycles. The van der Waals surface area contributed by atoms with Crippen LogP contribution in [0.3, 0.4) is 0 Å². The molecule has 0 saturated heterocycles. The van der Waals surface area contributed by atoms with Crippen LogP contribution >= 0.6 is 0 Å². The van der Waals surface area contributed by atoms with Gasteiger partial charge in [-0.3, -0.25) is 0 Å². The molecule has 17 heavy (non-hydrogen) atoms. The van der Waals surface area contributed by atoms with Crippen LogP contribution in [0.25, 0.3) is 11.3 Å². The molecule has 0 bridgehead atoms. The van der Waals surface area contributed by atoms with Crippen LogP contribution in [0.15, 0.2) is 30.6 Å². The van der Waals surface area contributed by atoms with E-state index in [9.17, 15) is 0 Å². The molecule has 0 fully saturated rings. The lowest BCUT2D eigenvalue weighted by molar-refractivity contribution is 0.866. The highest BCUT2D eigenvalue weighted by Gasteiger charge is 2.10. The van der Waals surface area contributed by atoms with Gasteiger partial charge in [-0.25, -0.2) is 4.98 Å². The molecule has 0 atom stereocenters. The first kappa shape index (κ1) is 11.4. The standard InChI is InChI=1S/C14H15N3/c1-10(2)11-4-6-12(7-5-11)14-13(8-15)16-9-17(14)3/h4-7,9-10H,1-3H3. The van der Waals surface area contributed by atoms with Gasteiger partial charge < -0.3 is 4.57 Å². The van der Waals surface area contributed by atoms with Gasteiger partial charge in [-0.2, -0.15) is 5.26 Å². The Kier molecular flexibility index (Phi) is 2.97. The highest BCUT2D eigenvalue weighted by Crippen LogP contribution is 2.24. The second-order valence-electron chi connectivity index (χ2n) is 4.44. The summed E-state index contributed by atoms with van der Waals surface area (Å²) in [6.07, 6.45) is 1.67. The Hall–Kier alpha value is -2.08. The van der Waals surface area contributed by atoms with Crippen LogP contribution in [0, 0.1) is 11.3 Å². The number of nitrogens with zero attached hydrogens (tertiary/aromatic N) is 3. The molecule has 86 valence electrons. The molecule has 0 unspecified atom stereocenters. The summed E-state index contributed by atoms with van der Waals surface area (Å²) in [5, 5.41) is 9.01. The van der Waals surface area contributed by atoms with Crippen molar-refractivity contribution in [2.45, 2.75) is 19.8 Å². The van der Waals surface area contributed by atoms with Crippen molar-refractivity contribution in [2.75, 3.05) is 0 Å². The van der Waals surface area contributed by atoms with E-state index in [1.165, 1.54) is 5.56 Å². The van der Waals surface area contributed by atoms with Crippen molar-refractivity contribution in [3.05, 3.63) is 41.9 Å².